The maximum atomic E-state index is 9.11. The van der Waals surface area contributed by atoms with Crippen molar-refractivity contribution in [2.24, 2.45) is 0 Å². The molecule has 0 aliphatic heterocycles. The van der Waals surface area contributed by atoms with Crippen LogP contribution in [0.2, 0.25) is 0 Å². The van der Waals surface area contributed by atoms with E-state index in [0.717, 1.165) is 28.0 Å². The molecule has 1 N–H and O–H groups in total. The highest BCUT2D eigenvalue weighted by Gasteiger charge is 2.15. The van der Waals surface area contributed by atoms with Crippen molar-refractivity contribution in [1.82, 2.24) is 34.3 Å². The molecule has 0 aromatic carbocycles. The fourth-order valence-electron chi connectivity index (χ4n) is 3.45. The number of hydrogen-bond donors (Lipinski definition) is 1. The minimum atomic E-state index is 0.204. The minimum absolute atomic E-state index is 0.204. The number of fused-ring (bicyclic) bond motifs is 1. The number of nitrogens with one attached hydrogen (secondary N) is 1. The first-order chi connectivity index (χ1) is 15.6. The zero-order chi connectivity index (χ0) is 22.1. The van der Waals surface area contributed by atoms with Gasteiger partial charge >= 0.3 is 0 Å². The molecule has 0 saturated carbocycles. The smallest absolute Gasteiger partial charge is 0.164 e. The molecule has 5 heterocycles. The molecule has 0 fully saturated rings. The standard InChI is InChI=1S/C23H19N9/c1-15(2)30-20-7-22(32-23-17(10-29-32)6-16(8-24)9-27-23)26-12-19(20)21-13-31(14-28-21)18-4-3-5-25-11-18/h3-7,9-15H,1-2H3,(H,26,30). The average molecular weight is 421 g/mol. The Labute approximate surface area is 184 Å². The van der Waals surface area contributed by atoms with Gasteiger partial charge in [0.15, 0.2) is 11.5 Å². The highest BCUT2D eigenvalue weighted by molar-refractivity contribution is 5.79. The van der Waals surface area contributed by atoms with Crippen LogP contribution < -0.4 is 5.32 Å². The molecule has 0 spiro atoms. The molecule has 0 unspecified atom stereocenters. The molecule has 156 valence electrons. The van der Waals surface area contributed by atoms with Crippen molar-refractivity contribution in [3.05, 3.63) is 73.3 Å². The Bertz CT molecular complexity index is 1440. The maximum absolute atomic E-state index is 9.11. The van der Waals surface area contributed by atoms with Gasteiger partial charge in [0.25, 0.3) is 0 Å². The number of pyridine rings is 3. The molecule has 0 bridgehead atoms. The van der Waals surface area contributed by atoms with Crippen LogP contribution in [0, 0.1) is 11.3 Å². The van der Waals surface area contributed by atoms with Crippen LogP contribution in [-0.2, 0) is 0 Å². The quantitative estimate of drug-likeness (QED) is 0.460. The normalized spacial score (nSPS) is 11.1. The molecule has 9 nitrogen and oxygen atoms in total. The summed E-state index contributed by atoms with van der Waals surface area (Å²) in [5.74, 6) is 0.621. The van der Waals surface area contributed by atoms with Gasteiger partial charge in [0.05, 0.1) is 35.7 Å². The lowest BCUT2D eigenvalue weighted by atomic mass is 10.1. The maximum Gasteiger partial charge on any atom is 0.164 e. The van der Waals surface area contributed by atoms with Crippen molar-refractivity contribution in [2.75, 3.05) is 5.32 Å². The summed E-state index contributed by atoms with van der Waals surface area (Å²) in [5.41, 5.74) is 4.62. The number of rotatable bonds is 5. The first kappa shape index (κ1) is 19.4. The van der Waals surface area contributed by atoms with Gasteiger partial charge < -0.3 is 9.88 Å². The van der Waals surface area contributed by atoms with E-state index in [9.17, 15) is 0 Å². The van der Waals surface area contributed by atoms with Gasteiger partial charge in [-0.1, -0.05) is 0 Å². The van der Waals surface area contributed by atoms with Crippen LogP contribution >= 0.6 is 0 Å². The molecule has 0 radical (unpaired) electrons. The molecule has 0 atom stereocenters. The van der Waals surface area contributed by atoms with Crippen molar-refractivity contribution in [2.45, 2.75) is 19.9 Å². The average Bonchev–Trinajstić information content (AvgIpc) is 3.46. The van der Waals surface area contributed by atoms with Crippen molar-refractivity contribution in [3.63, 3.8) is 0 Å². The zero-order valence-electron chi connectivity index (χ0n) is 17.5. The fraction of sp³-hybridized carbons (Fsp3) is 0.130. The topological polar surface area (TPSA) is 110 Å². The Morgan fingerprint density at radius 3 is 2.75 bits per heavy atom. The van der Waals surface area contributed by atoms with Crippen LogP contribution in [0.25, 0.3) is 33.8 Å². The predicted molar refractivity (Wildman–Crippen MR) is 120 cm³/mol. The van der Waals surface area contributed by atoms with E-state index in [-0.39, 0.29) is 6.04 Å². The van der Waals surface area contributed by atoms with E-state index in [1.807, 2.05) is 29.0 Å². The van der Waals surface area contributed by atoms with Gasteiger partial charge in [0, 0.05) is 53.5 Å². The summed E-state index contributed by atoms with van der Waals surface area (Å²) >= 11 is 0. The monoisotopic (exact) mass is 421 g/mol. The lowest BCUT2D eigenvalue weighted by Crippen LogP contribution is -2.12. The third kappa shape index (κ3) is 3.54. The number of hydrogen-bond acceptors (Lipinski definition) is 7. The van der Waals surface area contributed by atoms with E-state index in [2.05, 4.69) is 50.3 Å². The van der Waals surface area contributed by atoms with Crippen molar-refractivity contribution in [3.8, 4) is 28.8 Å². The number of nitriles is 1. The molecule has 32 heavy (non-hydrogen) atoms. The summed E-state index contributed by atoms with van der Waals surface area (Å²) in [6, 6.07) is 9.86. The van der Waals surface area contributed by atoms with E-state index in [1.54, 1.807) is 41.9 Å². The van der Waals surface area contributed by atoms with Gasteiger partial charge in [-0.3, -0.25) is 4.98 Å². The third-order valence-electron chi connectivity index (χ3n) is 4.89. The third-order valence-corrected chi connectivity index (χ3v) is 4.89. The molecule has 0 amide bonds. The van der Waals surface area contributed by atoms with Gasteiger partial charge in [-0.15, -0.1) is 0 Å². The Morgan fingerprint density at radius 2 is 1.97 bits per heavy atom. The Morgan fingerprint density at radius 1 is 1.06 bits per heavy atom. The fourth-order valence-corrected chi connectivity index (χ4v) is 3.45. The molecular weight excluding hydrogens is 402 g/mol. The van der Waals surface area contributed by atoms with Crippen molar-refractivity contribution < 1.29 is 0 Å². The number of imidazole rings is 1. The first-order valence-electron chi connectivity index (χ1n) is 10.1. The summed E-state index contributed by atoms with van der Waals surface area (Å²) in [6.07, 6.45) is 12.2. The highest BCUT2D eigenvalue weighted by Crippen LogP contribution is 2.29. The Kier molecular flexibility index (Phi) is 4.80. The summed E-state index contributed by atoms with van der Waals surface area (Å²) in [6.45, 7) is 4.15. The zero-order valence-corrected chi connectivity index (χ0v) is 17.5. The number of aromatic nitrogens is 7. The lowest BCUT2D eigenvalue weighted by Gasteiger charge is -2.15. The van der Waals surface area contributed by atoms with Gasteiger partial charge in [0.1, 0.15) is 6.07 Å². The Balaban J connectivity index is 1.58. The van der Waals surface area contributed by atoms with Crippen molar-refractivity contribution in [1.29, 1.82) is 5.26 Å². The molecular formula is C23H19N9. The second-order valence-electron chi connectivity index (χ2n) is 7.57. The number of anilines is 1. The first-order valence-corrected chi connectivity index (χ1v) is 10.1. The largest absolute Gasteiger partial charge is 0.382 e. The van der Waals surface area contributed by atoms with E-state index in [0.29, 0.717) is 17.0 Å². The second-order valence-corrected chi connectivity index (χ2v) is 7.57. The van der Waals surface area contributed by atoms with Crippen LogP contribution in [0.4, 0.5) is 5.69 Å². The van der Waals surface area contributed by atoms with Gasteiger partial charge in [-0.05, 0) is 32.0 Å². The Hall–Kier alpha value is -4.58. The minimum Gasteiger partial charge on any atom is -0.382 e. The molecule has 5 aromatic heterocycles. The van der Waals surface area contributed by atoms with Crippen LogP contribution in [0.3, 0.4) is 0 Å². The molecule has 9 heteroatoms. The molecule has 5 rings (SSSR count). The van der Waals surface area contributed by atoms with Crippen LogP contribution in [0.1, 0.15) is 19.4 Å². The second kappa shape index (κ2) is 7.92. The lowest BCUT2D eigenvalue weighted by molar-refractivity contribution is 0.858. The van der Waals surface area contributed by atoms with Crippen LogP contribution in [0.5, 0.6) is 0 Å². The molecule has 0 aliphatic carbocycles. The van der Waals surface area contributed by atoms with Crippen LogP contribution in [-0.4, -0.2) is 40.3 Å². The SMILES string of the molecule is CC(C)Nc1cc(-n2ncc3cc(C#N)cnc32)ncc1-c1cn(-c2cccnc2)cn1. The summed E-state index contributed by atoms with van der Waals surface area (Å²) < 4.78 is 3.59. The molecule has 5 aromatic rings. The summed E-state index contributed by atoms with van der Waals surface area (Å²) in [4.78, 5) is 17.8. The number of nitrogens with zero attached hydrogens (tertiary/aromatic N) is 8. The highest BCUT2D eigenvalue weighted by atomic mass is 15.3. The van der Waals surface area contributed by atoms with Gasteiger partial charge in [-0.25, -0.2) is 15.0 Å². The molecule has 0 saturated heterocycles. The van der Waals surface area contributed by atoms with Crippen molar-refractivity contribution >= 4 is 16.7 Å². The van der Waals surface area contributed by atoms with E-state index >= 15 is 0 Å². The van der Waals surface area contributed by atoms with Crippen LogP contribution in [0.15, 0.2) is 67.8 Å². The summed E-state index contributed by atoms with van der Waals surface area (Å²) in [5, 5.41) is 17.8. The van der Waals surface area contributed by atoms with Gasteiger partial charge in [0.2, 0.25) is 0 Å². The predicted octanol–water partition coefficient (Wildman–Crippen LogP) is 3.76. The molecule has 0 aliphatic rings. The summed E-state index contributed by atoms with van der Waals surface area (Å²) in [7, 11) is 0. The van der Waals surface area contributed by atoms with E-state index < -0.39 is 0 Å². The van der Waals surface area contributed by atoms with E-state index in [1.165, 1.54) is 6.20 Å². The van der Waals surface area contributed by atoms with E-state index in [4.69, 9.17) is 5.26 Å². The van der Waals surface area contributed by atoms with Gasteiger partial charge in [-0.2, -0.15) is 15.0 Å².